The molecule has 0 aliphatic rings. The van der Waals surface area contributed by atoms with Gasteiger partial charge in [0.2, 0.25) is 0 Å². The topological polar surface area (TPSA) is 40.7 Å². The molecule has 2 N–H and O–H groups in total. The molecule has 3 nitrogen and oxygen atoms in total. The number of nitrogens with one attached hydrogen (secondary N) is 2. The van der Waals surface area contributed by atoms with Crippen molar-refractivity contribution in [1.82, 2.24) is 10.2 Å². The van der Waals surface area contributed by atoms with Gasteiger partial charge >= 0.3 is 0 Å². The molecule has 2 rings (SSSR count). The Morgan fingerprint density at radius 3 is 2.53 bits per heavy atom. The van der Waals surface area contributed by atoms with Crippen LogP contribution in [0.25, 0.3) is 0 Å². The van der Waals surface area contributed by atoms with Gasteiger partial charge < -0.3 is 5.32 Å². The van der Waals surface area contributed by atoms with Crippen LogP contribution >= 0.6 is 0 Å². The first-order chi connectivity index (χ1) is 7.27. The third-order valence-corrected chi connectivity index (χ3v) is 2.50. The highest BCUT2D eigenvalue weighted by molar-refractivity contribution is 5.56. The second-order valence-electron chi connectivity index (χ2n) is 3.70. The fraction of sp³-hybridized carbons (Fsp3) is 0.250. The predicted octanol–water partition coefficient (Wildman–Crippen LogP) is 2.64. The van der Waals surface area contributed by atoms with Crippen molar-refractivity contribution in [3.8, 4) is 0 Å². The molecular weight excluding hydrogens is 186 g/mol. The summed E-state index contributed by atoms with van der Waals surface area (Å²) in [4.78, 5) is 0. The summed E-state index contributed by atoms with van der Waals surface area (Å²) in [5.74, 6) is 0. The first-order valence-electron chi connectivity index (χ1n) is 5.05. The van der Waals surface area contributed by atoms with E-state index in [1.54, 1.807) is 6.20 Å². The minimum Gasteiger partial charge on any atom is -0.379 e. The van der Waals surface area contributed by atoms with Crippen molar-refractivity contribution in [2.24, 2.45) is 0 Å². The van der Waals surface area contributed by atoms with Crippen LogP contribution in [0.15, 0.2) is 30.5 Å². The zero-order valence-corrected chi connectivity index (χ0v) is 9.04. The average molecular weight is 201 g/mol. The van der Waals surface area contributed by atoms with Crippen LogP contribution in [0, 0.1) is 13.8 Å². The lowest BCUT2D eigenvalue weighted by Gasteiger charge is -2.11. The van der Waals surface area contributed by atoms with Crippen molar-refractivity contribution in [1.29, 1.82) is 0 Å². The Kier molecular flexibility index (Phi) is 2.72. The fourth-order valence-electron chi connectivity index (χ4n) is 1.66. The molecule has 2 aromatic rings. The standard InChI is InChI=1S/C12H15N3/c1-9-4-3-5-10(2)12(9)13-8-11-6-7-14-15-11/h3-7,13H,8H2,1-2H3,(H,14,15). The molecule has 1 heterocycles. The summed E-state index contributed by atoms with van der Waals surface area (Å²) in [5, 5.41) is 10.3. The number of para-hydroxylation sites is 1. The monoisotopic (exact) mass is 201 g/mol. The molecule has 0 bridgehead atoms. The molecule has 0 unspecified atom stereocenters. The number of aryl methyl sites for hydroxylation is 2. The minimum atomic E-state index is 0.783. The molecule has 0 atom stereocenters. The van der Waals surface area contributed by atoms with Crippen LogP contribution in [0.2, 0.25) is 0 Å². The lowest BCUT2D eigenvalue weighted by Crippen LogP contribution is -2.03. The van der Waals surface area contributed by atoms with Gasteiger partial charge in [-0.2, -0.15) is 5.10 Å². The van der Waals surface area contributed by atoms with E-state index in [1.165, 1.54) is 16.8 Å². The van der Waals surface area contributed by atoms with E-state index in [9.17, 15) is 0 Å². The molecule has 0 fully saturated rings. The molecule has 1 aromatic heterocycles. The molecule has 78 valence electrons. The Bertz CT molecular complexity index is 412. The van der Waals surface area contributed by atoms with Crippen molar-refractivity contribution in [3.05, 3.63) is 47.3 Å². The van der Waals surface area contributed by atoms with Crippen molar-refractivity contribution < 1.29 is 0 Å². The van der Waals surface area contributed by atoms with Crippen LogP contribution in [0.1, 0.15) is 16.8 Å². The van der Waals surface area contributed by atoms with Gasteiger partial charge in [0.1, 0.15) is 0 Å². The highest BCUT2D eigenvalue weighted by Crippen LogP contribution is 2.19. The molecule has 0 amide bonds. The summed E-state index contributed by atoms with van der Waals surface area (Å²) in [6, 6.07) is 8.28. The smallest absolute Gasteiger partial charge is 0.0567 e. The lowest BCUT2D eigenvalue weighted by molar-refractivity contribution is 0.978. The van der Waals surface area contributed by atoms with E-state index in [0.717, 1.165) is 12.2 Å². The SMILES string of the molecule is Cc1cccc(C)c1NCc1ccn[nH]1. The molecule has 0 aliphatic heterocycles. The highest BCUT2D eigenvalue weighted by Gasteiger charge is 2.01. The Morgan fingerprint density at radius 1 is 1.20 bits per heavy atom. The third-order valence-electron chi connectivity index (χ3n) is 2.50. The van der Waals surface area contributed by atoms with Crippen molar-refractivity contribution >= 4 is 5.69 Å². The van der Waals surface area contributed by atoms with Crippen LogP contribution in [0.3, 0.4) is 0 Å². The molecule has 0 saturated carbocycles. The second kappa shape index (κ2) is 4.17. The van der Waals surface area contributed by atoms with Crippen LogP contribution in [-0.2, 0) is 6.54 Å². The number of benzene rings is 1. The first kappa shape index (κ1) is 9.77. The quantitative estimate of drug-likeness (QED) is 0.801. The van der Waals surface area contributed by atoms with Gasteiger partial charge in [0, 0.05) is 11.9 Å². The Labute approximate surface area is 89.5 Å². The number of hydrogen-bond donors (Lipinski definition) is 2. The van der Waals surface area contributed by atoms with Gasteiger partial charge in [0.05, 0.1) is 12.2 Å². The van der Waals surface area contributed by atoms with Crippen molar-refractivity contribution in [2.75, 3.05) is 5.32 Å². The molecular formula is C12H15N3. The van der Waals surface area contributed by atoms with E-state index in [0.29, 0.717) is 0 Å². The summed E-state index contributed by atoms with van der Waals surface area (Å²) in [7, 11) is 0. The Hall–Kier alpha value is -1.77. The largest absolute Gasteiger partial charge is 0.379 e. The number of nitrogens with zero attached hydrogens (tertiary/aromatic N) is 1. The van der Waals surface area contributed by atoms with E-state index in [2.05, 4.69) is 47.6 Å². The number of aromatic amines is 1. The van der Waals surface area contributed by atoms with Crippen molar-refractivity contribution in [2.45, 2.75) is 20.4 Å². The molecule has 0 spiro atoms. The van der Waals surface area contributed by atoms with E-state index < -0.39 is 0 Å². The number of rotatable bonds is 3. The molecule has 0 radical (unpaired) electrons. The second-order valence-corrected chi connectivity index (χ2v) is 3.70. The maximum atomic E-state index is 3.91. The number of H-pyrrole nitrogens is 1. The van der Waals surface area contributed by atoms with Gasteiger partial charge in [-0.15, -0.1) is 0 Å². The van der Waals surface area contributed by atoms with E-state index in [1.807, 2.05) is 6.07 Å². The van der Waals surface area contributed by atoms with Gasteiger partial charge in [-0.25, -0.2) is 0 Å². The van der Waals surface area contributed by atoms with Crippen LogP contribution in [0.4, 0.5) is 5.69 Å². The van der Waals surface area contributed by atoms with E-state index in [-0.39, 0.29) is 0 Å². The molecule has 0 aliphatic carbocycles. The van der Waals surface area contributed by atoms with Gasteiger partial charge in [-0.3, -0.25) is 5.10 Å². The van der Waals surface area contributed by atoms with Crippen molar-refractivity contribution in [3.63, 3.8) is 0 Å². The number of anilines is 1. The zero-order valence-electron chi connectivity index (χ0n) is 9.04. The molecule has 1 aromatic carbocycles. The summed E-state index contributed by atoms with van der Waals surface area (Å²) in [6.07, 6.45) is 1.77. The molecule has 3 heteroatoms. The number of hydrogen-bond acceptors (Lipinski definition) is 2. The third kappa shape index (κ3) is 2.18. The summed E-state index contributed by atoms with van der Waals surface area (Å²) >= 11 is 0. The van der Waals surface area contributed by atoms with Crippen LogP contribution in [0.5, 0.6) is 0 Å². The lowest BCUT2D eigenvalue weighted by atomic mass is 10.1. The molecule has 15 heavy (non-hydrogen) atoms. The minimum absolute atomic E-state index is 0.783. The normalized spacial score (nSPS) is 10.3. The maximum absolute atomic E-state index is 3.91. The fourth-order valence-corrected chi connectivity index (χ4v) is 1.66. The van der Waals surface area contributed by atoms with Crippen LogP contribution < -0.4 is 5.32 Å². The maximum Gasteiger partial charge on any atom is 0.0567 e. The summed E-state index contributed by atoms with van der Waals surface area (Å²) < 4.78 is 0. The van der Waals surface area contributed by atoms with E-state index in [4.69, 9.17) is 0 Å². The summed E-state index contributed by atoms with van der Waals surface area (Å²) in [5.41, 5.74) is 4.86. The summed E-state index contributed by atoms with van der Waals surface area (Å²) in [6.45, 7) is 5.01. The zero-order chi connectivity index (χ0) is 10.7. The number of aromatic nitrogens is 2. The Morgan fingerprint density at radius 2 is 1.93 bits per heavy atom. The van der Waals surface area contributed by atoms with E-state index >= 15 is 0 Å². The predicted molar refractivity (Wildman–Crippen MR) is 61.8 cm³/mol. The Balaban J connectivity index is 2.11. The average Bonchev–Trinajstić information content (AvgIpc) is 2.70. The molecule has 0 saturated heterocycles. The first-order valence-corrected chi connectivity index (χ1v) is 5.05. The van der Waals surface area contributed by atoms with Gasteiger partial charge in [-0.05, 0) is 31.0 Å². The van der Waals surface area contributed by atoms with Gasteiger partial charge in [-0.1, -0.05) is 18.2 Å². The highest BCUT2D eigenvalue weighted by atomic mass is 15.1. The van der Waals surface area contributed by atoms with Gasteiger partial charge in [0.25, 0.3) is 0 Å². The van der Waals surface area contributed by atoms with Gasteiger partial charge in [0.15, 0.2) is 0 Å². The van der Waals surface area contributed by atoms with Crippen LogP contribution in [-0.4, -0.2) is 10.2 Å².